The van der Waals surface area contributed by atoms with Crippen LogP contribution in [0.5, 0.6) is 5.75 Å². The summed E-state index contributed by atoms with van der Waals surface area (Å²) < 4.78 is 5.83. The van der Waals surface area contributed by atoms with Crippen molar-refractivity contribution in [3.8, 4) is 5.75 Å². The fraction of sp³-hybridized carbons (Fsp3) is 0.368. The lowest BCUT2D eigenvalue weighted by atomic mass is 10.2. The van der Waals surface area contributed by atoms with Crippen LogP contribution < -0.4 is 10.1 Å². The van der Waals surface area contributed by atoms with Gasteiger partial charge in [0.15, 0.2) is 0 Å². The molecule has 0 aliphatic rings. The Labute approximate surface area is 165 Å². The van der Waals surface area contributed by atoms with Gasteiger partial charge in [0.25, 0.3) is 0 Å². The quantitative estimate of drug-likeness (QED) is 0.532. The molecule has 0 aliphatic carbocycles. The fourth-order valence-corrected chi connectivity index (χ4v) is 2.78. The van der Waals surface area contributed by atoms with E-state index in [1.54, 1.807) is 6.07 Å². The van der Waals surface area contributed by atoms with Crippen LogP contribution in [0.4, 0.5) is 0 Å². The molecule has 2 N–H and O–H groups in total. The zero-order valence-electron chi connectivity index (χ0n) is 14.0. The van der Waals surface area contributed by atoms with E-state index in [4.69, 9.17) is 33.0 Å². The lowest BCUT2D eigenvalue weighted by molar-refractivity contribution is 0.283. The van der Waals surface area contributed by atoms with Gasteiger partial charge in [0.2, 0.25) is 0 Å². The molecule has 0 spiro atoms. The van der Waals surface area contributed by atoms with E-state index in [-0.39, 0.29) is 19.0 Å². The summed E-state index contributed by atoms with van der Waals surface area (Å²) in [6, 6.07) is 13.4. The number of unbranched alkanes of at least 4 members (excludes halogenated alkanes) is 2. The predicted octanol–water partition coefficient (Wildman–Crippen LogP) is 5.25. The second kappa shape index (κ2) is 12.4. The van der Waals surface area contributed by atoms with Gasteiger partial charge in [-0.15, -0.1) is 12.4 Å². The summed E-state index contributed by atoms with van der Waals surface area (Å²) in [5.74, 6) is 0.820. The molecule has 0 aliphatic heterocycles. The van der Waals surface area contributed by atoms with Crippen molar-refractivity contribution in [2.45, 2.75) is 32.4 Å². The molecular weight excluding hydrogens is 381 g/mol. The van der Waals surface area contributed by atoms with Crippen molar-refractivity contribution in [1.29, 1.82) is 0 Å². The van der Waals surface area contributed by atoms with Gasteiger partial charge in [0.1, 0.15) is 12.4 Å². The summed E-state index contributed by atoms with van der Waals surface area (Å²) in [7, 11) is 0. The van der Waals surface area contributed by atoms with Gasteiger partial charge in [-0.05, 0) is 55.6 Å². The number of hydrogen-bond donors (Lipinski definition) is 2. The Bertz CT molecular complexity index is 638. The summed E-state index contributed by atoms with van der Waals surface area (Å²) in [5.41, 5.74) is 2.09. The van der Waals surface area contributed by atoms with Crippen LogP contribution in [0.15, 0.2) is 42.5 Å². The number of ether oxygens (including phenoxy) is 1. The van der Waals surface area contributed by atoms with Gasteiger partial charge in [-0.3, -0.25) is 0 Å². The van der Waals surface area contributed by atoms with Crippen LogP contribution in [0.2, 0.25) is 10.0 Å². The Hall–Kier alpha value is -0.970. The zero-order valence-corrected chi connectivity index (χ0v) is 16.3. The zero-order chi connectivity index (χ0) is 17.2. The maximum Gasteiger partial charge on any atom is 0.120 e. The number of rotatable bonds is 10. The predicted molar refractivity (Wildman–Crippen MR) is 107 cm³/mol. The van der Waals surface area contributed by atoms with Gasteiger partial charge >= 0.3 is 0 Å². The summed E-state index contributed by atoms with van der Waals surface area (Å²) in [4.78, 5) is 0. The molecule has 2 aromatic rings. The molecule has 0 bridgehead atoms. The average molecular weight is 405 g/mol. The van der Waals surface area contributed by atoms with E-state index in [1.165, 1.54) is 5.56 Å². The molecule has 2 rings (SSSR count). The van der Waals surface area contributed by atoms with E-state index < -0.39 is 0 Å². The highest BCUT2D eigenvalue weighted by Gasteiger charge is 2.03. The number of halogens is 3. The van der Waals surface area contributed by atoms with Crippen molar-refractivity contribution in [1.82, 2.24) is 5.32 Å². The Kier molecular flexibility index (Phi) is 10.9. The highest BCUT2D eigenvalue weighted by molar-refractivity contribution is 6.35. The van der Waals surface area contributed by atoms with Crippen LogP contribution in [-0.4, -0.2) is 18.3 Å². The van der Waals surface area contributed by atoms with E-state index in [1.807, 2.05) is 30.3 Å². The lowest BCUT2D eigenvalue weighted by Crippen LogP contribution is -2.14. The third-order valence-electron chi connectivity index (χ3n) is 3.65. The maximum absolute atomic E-state index is 8.75. The summed E-state index contributed by atoms with van der Waals surface area (Å²) in [6.45, 7) is 2.44. The monoisotopic (exact) mass is 403 g/mol. The standard InChI is InChI=1S/C19H23Cl2NO2.ClH/c20-17-8-7-16(19(21)12-17)14-24-18-6-4-5-15(11-18)13-22-9-2-1-3-10-23;/h4-8,11-12,22-23H,1-3,9-10,13-14H2;1H. The first-order valence-corrected chi connectivity index (χ1v) is 8.92. The van der Waals surface area contributed by atoms with E-state index >= 15 is 0 Å². The average Bonchev–Trinajstić information content (AvgIpc) is 2.58. The molecule has 0 saturated heterocycles. The molecule has 2 aromatic carbocycles. The van der Waals surface area contributed by atoms with Crippen molar-refractivity contribution in [3.05, 3.63) is 63.6 Å². The van der Waals surface area contributed by atoms with Crippen LogP contribution in [-0.2, 0) is 13.2 Å². The van der Waals surface area contributed by atoms with Gasteiger partial charge < -0.3 is 15.2 Å². The minimum absolute atomic E-state index is 0. The number of nitrogens with one attached hydrogen (secondary N) is 1. The summed E-state index contributed by atoms with van der Waals surface area (Å²) in [6.07, 6.45) is 3.00. The van der Waals surface area contributed by atoms with E-state index in [0.29, 0.717) is 16.7 Å². The molecule has 3 nitrogen and oxygen atoms in total. The molecule has 0 fully saturated rings. The van der Waals surface area contributed by atoms with Crippen molar-refractivity contribution in [2.24, 2.45) is 0 Å². The lowest BCUT2D eigenvalue weighted by Gasteiger charge is -2.10. The van der Waals surface area contributed by atoms with Crippen LogP contribution in [0, 0.1) is 0 Å². The van der Waals surface area contributed by atoms with Crippen molar-refractivity contribution < 1.29 is 9.84 Å². The molecule has 0 amide bonds. The van der Waals surface area contributed by atoms with Crippen molar-refractivity contribution >= 4 is 35.6 Å². The number of hydrogen-bond acceptors (Lipinski definition) is 3. The van der Waals surface area contributed by atoms with Gasteiger partial charge in [-0.2, -0.15) is 0 Å². The molecule has 0 unspecified atom stereocenters. The van der Waals surface area contributed by atoms with Crippen LogP contribution in [0.3, 0.4) is 0 Å². The minimum atomic E-state index is 0. The third kappa shape index (κ3) is 8.30. The van der Waals surface area contributed by atoms with E-state index in [0.717, 1.165) is 43.7 Å². The van der Waals surface area contributed by atoms with E-state index in [2.05, 4.69) is 11.4 Å². The SMILES string of the molecule is Cl.OCCCCCNCc1cccc(OCc2ccc(Cl)cc2Cl)c1. The normalized spacial score (nSPS) is 10.4. The molecule has 0 aromatic heterocycles. The van der Waals surface area contributed by atoms with Crippen LogP contribution in [0.1, 0.15) is 30.4 Å². The van der Waals surface area contributed by atoms with Gasteiger partial charge in [-0.1, -0.05) is 41.4 Å². The van der Waals surface area contributed by atoms with Crippen molar-refractivity contribution in [3.63, 3.8) is 0 Å². The molecule has 0 radical (unpaired) electrons. The second-order valence-corrected chi connectivity index (χ2v) is 6.48. The maximum atomic E-state index is 8.75. The van der Waals surface area contributed by atoms with Gasteiger partial charge in [-0.25, -0.2) is 0 Å². The molecule has 25 heavy (non-hydrogen) atoms. The Morgan fingerprint density at radius 2 is 1.84 bits per heavy atom. The smallest absolute Gasteiger partial charge is 0.120 e. The Balaban J connectivity index is 0.00000312. The third-order valence-corrected chi connectivity index (χ3v) is 4.24. The number of aliphatic hydroxyl groups is 1. The summed E-state index contributed by atoms with van der Waals surface area (Å²) in [5, 5.41) is 13.4. The number of aliphatic hydroxyl groups excluding tert-OH is 1. The minimum Gasteiger partial charge on any atom is -0.489 e. The second-order valence-electron chi connectivity index (χ2n) is 5.63. The molecule has 0 saturated carbocycles. The fourth-order valence-electron chi connectivity index (χ4n) is 2.32. The first-order chi connectivity index (χ1) is 11.7. The topological polar surface area (TPSA) is 41.5 Å². The molecule has 0 heterocycles. The highest BCUT2D eigenvalue weighted by Crippen LogP contribution is 2.23. The van der Waals surface area contributed by atoms with Crippen LogP contribution in [0.25, 0.3) is 0 Å². The number of benzene rings is 2. The Morgan fingerprint density at radius 3 is 2.60 bits per heavy atom. The first kappa shape index (κ1) is 22.1. The Morgan fingerprint density at radius 1 is 1.00 bits per heavy atom. The summed E-state index contributed by atoms with van der Waals surface area (Å²) >= 11 is 12.1. The van der Waals surface area contributed by atoms with Crippen molar-refractivity contribution in [2.75, 3.05) is 13.2 Å². The van der Waals surface area contributed by atoms with E-state index in [9.17, 15) is 0 Å². The molecule has 0 atom stereocenters. The van der Waals surface area contributed by atoms with Gasteiger partial charge in [0, 0.05) is 28.8 Å². The van der Waals surface area contributed by atoms with Crippen LogP contribution >= 0.6 is 35.6 Å². The highest BCUT2D eigenvalue weighted by atomic mass is 35.5. The largest absolute Gasteiger partial charge is 0.489 e. The molecular formula is C19H24Cl3NO2. The molecule has 6 heteroatoms. The molecule has 138 valence electrons. The first-order valence-electron chi connectivity index (χ1n) is 8.16. The van der Waals surface area contributed by atoms with Gasteiger partial charge in [0.05, 0.1) is 0 Å².